The Morgan fingerprint density at radius 2 is 2.04 bits per heavy atom. The molecule has 2 aliphatic rings. The van der Waals surface area contributed by atoms with Crippen molar-refractivity contribution in [3.05, 3.63) is 35.6 Å². The Morgan fingerprint density at radius 3 is 2.69 bits per heavy atom. The highest BCUT2D eigenvalue weighted by Gasteiger charge is 2.29. The Balaban J connectivity index is 1.42. The maximum Gasteiger partial charge on any atom is 0.244 e. The topological polar surface area (TPSA) is 76.3 Å². The van der Waals surface area contributed by atoms with Gasteiger partial charge in [0.15, 0.2) is 5.82 Å². The van der Waals surface area contributed by atoms with Crippen LogP contribution in [0.5, 0.6) is 0 Å². The fourth-order valence-corrected chi connectivity index (χ4v) is 3.83. The molecule has 0 aliphatic carbocycles. The van der Waals surface area contributed by atoms with Gasteiger partial charge in [0.25, 0.3) is 0 Å². The number of aryl methyl sites for hydroxylation is 1. The summed E-state index contributed by atoms with van der Waals surface area (Å²) < 4.78 is 11.0. The molecule has 0 radical (unpaired) electrons. The normalized spacial score (nSPS) is 19.8. The summed E-state index contributed by atoms with van der Waals surface area (Å²) in [5, 5.41) is 7.59. The van der Waals surface area contributed by atoms with E-state index in [2.05, 4.69) is 37.5 Å². The van der Waals surface area contributed by atoms with Crippen molar-refractivity contribution in [2.24, 2.45) is 5.92 Å². The van der Waals surface area contributed by atoms with Crippen molar-refractivity contribution >= 4 is 5.82 Å². The maximum absolute atomic E-state index is 5.51. The van der Waals surface area contributed by atoms with Gasteiger partial charge < -0.3 is 19.5 Å². The van der Waals surface area contributed by atoms with Crippen LogP contribution in [0.25, 0.3) is 0 Å². The number of nitrogens with zero attached hydrogens (tertiary/aromatic N) is 4. The summed E-state index contributed by atoms with van der Waals surface area (Å²) in [6, 6.07) is 4.34. The van der Waals surface area contributed by atoms with E-state index in [-0.39, 0.29) is 6.04 Å². The molecule has 2 fully saturated rings. The lowest BCUT2D eigenvalue weighted by Crippen LogP contribution is -2.32. The van der Waals surface area contributed by atoms with Crippen LogP contribution in [0.2, 0.25) is 0 Å². The summed E-state index contributed by atoms with van der Waals surface area (Å²) in [6.07, 6.45) is 6.51. The molecule has 7 nitrogen and oxygen atoms in total. The Labute approximate surface area is 154 Å². The van der Waals surface area contributed by atoms with Crippen LogP contribution < -0.4 is 10.2 Å². The lowest BCUT2D eigenvalue weighted by Gasteiger charge is -2.28. The second kappa shape index (κ2) is 8.14. The zero-order valence-corrected chi connectivity index (χ0v) is 15.4. The van der Waals surface area contributed by atoms with Crippen molar-refractivity contribution < 1.29 is 9.26 Å². The third kappa shape index (κ3) is 4.04. The second-order valence-corrected chi connectivity index (χ2v) is 7.21. The summed E-state index contributed by atoms with van der Waals surface area (Å²) in [6.45, 7) is 6.41. The molecule has 0 spiro atoms. The van der Waals surface area contributed by atoms with Gasteiger partial charge >= 0.3 is 0 Å². The van der Waals surface area contributed by atoms with Gasteiger partial charge in [-0.3, -0.25) is 0 Å². The van der Waals surface area contributed by atoms with Gasteiger partial charge in [-0.1, -0.05) is 11.2 Å². The quantitative estimate of drug-likeness (QED) is 0.851. The zero-order chi connectivity index (χ0) is 17.8. The molecule has 2 aromatic rings. The number of ether oxygens (including phenoxy) is 1. The largest absolute Gasteiger partial charge is 0.381 e. The molecule has 0 aromatic carbocycles. The molecule has 4 heterocycles. The van der Waals surface area contributed by atoms with Gasteiger partial charge in [0.2, 0.25) is 5.89 Å². The van der Waals surface area contributed by atoms with Crippen LogP contribution in [0.4, 0.5) is 5.82 Å². The van der Waals surface area contributed by atoms with Crippen molar-refractivity contribution in [3.63, 3.8) is 0 Å². The highest BCUT2D eigenvalue weighted by Crippen LogP contribution is 2.29. The van der Waals surface area contributed by atoms with Gasteiger partial charge in [0, 0.05) is 39.0 Å². The lowest BCUT2D eigenvalue weighted by molar-refractivity contribution is 0.0485. The Morgan fingerprint density at radius 1 is 1.23 bits per heavy atom. The first-order valence-electron chi connectivity index (χ1n) is 9.61. The zero-order valence-electron chi connectivity index (χ0n) is 15.4. The number of hydrogen-bond acceptors (Lipinski definition) is 7. The molecule has 7 heteroatoms. The van der Waals surface area contributed by atoms with E-state index in [1.54, 1.807) is 0 Å². The third-order valence-corrected chi connectivity index (χ3v) is 5.31. The number of aromatic nitrogens is 3. The van der Waals surface area contributed by atoms with Crippen molar-refractivity contribution in [1.29, 1.82) is 0 Å². The minimum absolute atomic E-state index is 0.0540. The number of anilines is 1. The molecule has 0 saturated carbocycles. The minimum atomic E-state index is 0.0540. The number of pyridine rings is 1. The van der Waals surface area contributed by atoms with E-state index in [1.165, 1.54) is 18.4 Å². The summed E-state index contributed by atoms with van der Waals surface area (Å²) in [5.41, 5.74) is 1.17. The van der Waals surface area contributed by atoms with Gasteiger partial charge in [0.05, 0.1) is 6.04 Å². The van der Waals surface area contributed by atoms with Gasteiger partial charge in [-0.2, -0.15) is 4.98 Å². The molecule has 2 saturated heterocycles. The first-order valence-corrected chi connectivity index (χ1v) is 9.61. The number of rotatable bonds is 6. The molecule has 2 aromatic heterocycles. The van der Waals surface area contributed by atoms with E-state index < -0.39 is 0 Å². The summed E-state index contributed by atoms with van der Waals surface area (Å²) >= 11 is 0. The molecule has 0 amide bonds. The second-order valence-electron chi connectivity index (χ2n) is 7.21. The SMILES string of the molecule is Cc1noc(C(NCc2ccc(N3CCCC3)nc2)C2CCOCC2)n1. The van der Waals surface area contributed by atoms with E-state index in [0.29, 0.717) is 17.6 Å². The van der Waals surface area contributed by atoms with Crippen molar-refractivity contribution in [1.82, 2.24) is 20.4 Å². The van der Waals surface area contributed by atoms with E-state index in [4.69, 9.17) is 9.26 Å². The minimum Gasteiger partial charge on any atom is -0.381 e. The first-order chi connectivity index (χ1) is 12.8. The van der Waals surface area contributed by atoms with E-state index in [0.717, 1.165) is 51.5 Å². The Kier molecular flexibility index (Phi) is 5.45. The van der Waals surface area contributed by atoms with E-state index >= 15 is 0 Å². The molecule has 2 aliphatic heterocycles. The molecular weight excluding hydrogens is 330 g/mol. The predicted octanol–water partition coefficient (Wildman–Crippen LogP) is 2.63. The van der Waals surface area contributed by atoms with Crippen LogP contribution in [0, 0.1) is 12.8 Å². The molecule has 1 N–H and O–H groups in total. The van der Waals surface area contributed by atoms with E-state index in [9.17, 15) is 0 Å². The Bertz CT molecular complexity index is 690. The van der Waals surface area contributed by atoms with Crippen LogP contribution in [-0.4, -0.2) is 41.4 Å². The average molecular weight is 357 g/mol. The van der Waals surface area contributed by atoms with Crippen LogP contribution in [0.3, 0.4) is 0 Å². The predicted molar refractivity (Wildman–Crippen MR) is 97.8 cm³/mol. The Hall–Kier alpha value is -1.99. The van der Waals surface area contributed by atoms with Crippen LogP contribution >= 0.6 is 0 Å². The molecule has 4 rings (SSSR count). The smallest absolute Gasteiger partial charge is 0.244 e. The number of nitrogens with one attached hydrogen (secondary N) is 1. The third-order valence-electron chi connectivity index (χ3n) is 5.31. The fourth-order valence-electron chi connectivity index (χ4n) is 3.83. The highest BCUT2D eigenvalue weighted by molar-refractivity contribution is 5.40. The van der Waals surface area contributed by atoms with Crippen LogP contribution in [0.15, 0.2) is 22.9 Å². The maximum atomic E-state index is 5.51. The fraction of sp³-hybridized carbons (Fsp3) is 0.632. The summed E-state index contributed by atoms with van der Waals surface area (Å²) in [5.74, 6) is 2.88. The average Bonchev–Trinajstić information content (AvgIpc) is 3.36. The standard InChI is InChI=1S/C19H27N5O2/c1-14-22-19(26-23-14)18(16-6-10-25-11-7-16)21-13-15-4-5-17(20-12-15)24-8-2-3-9-24/h4-5,12,16,18,21H,2-3,6-11,13H2,1H3. The monoisotopic (exact) mass is 357 g/mol. The summed E-state index contributed by atoms with van der Waals surface area (Å²) in [4.78, 5) is 11.5. The van der Waals surface area contributed by atoms with Crippen molar-refractivity contribution in [2.45, 2.75) is 45.2 Å². The first kappa shape index (κ1) is 17.4. The van der Waals surface area contributed by atoms with Gasteiger partial charge in [-0.15, -0.1) is 0 Å². The lowest BCUT2D eigenvalue weighted by atomic mass is 9.91. The van der Waals surface area contributed by atoms with Gasteiger partial charge in [-0.25, -0.2) is 4.98 Å². The van der Waals surface area contributed by atoms with Gasteiger partial charge in [-0.05, 0) is 50.2 Å². The van der Waals surface area contributed by atoms with Crippen molar-refractivity contribution in [3.8, 4) is 0 Å². The molecule has 140 valence electrons. The molecule has 1 unspecified atom stereocenters. The van der Waals surface area contributed by atoms with Crippen LogP contribution in [-0.2, 0) is 11.3 Å². The molecule has 26 heavy (non-hydrogen) atoms. The van der Waals surface area contributed by atoms with Crippen molar-refractivity contribution in [2.75, 3.05) is 31.2 Å². The van der Waals surface area contributed by atoms with Crippen LogP contribution in [0.1, 0.15) is 49.0 Å². The molecule has 1 atom stereocenters. The highest BCUT2D eigenvalue weighted by atomic mass is 16.5. The summed E-state index contributed by atoms with van der Waals surface area (Å²) in [7, 11) is 0. The molecular formula is C19H27N5O2. The number of hydrogen-bond donors (Lipinski definition) is 1. The van der Waals surface area contributed by atoms with Gasteiger partial charge in [0.1, 0.15) is 5.82 Å². The van der Waals surface area contributed by atoms with E-state index in [1.807, 2.05) is 13.1 Å². The molecule has 0 bridgehead atoms.